The second-order valence-corrected chi connectivity index (χ2v) is 4.78. The first-order valence-electron chi connectivity index (χ1n) is 6.34. The fourth-order valence-electron chi connectivity index (χ4n) is 2.18. The Morgan fingerprint density at radius 1 is 1.24 bits per heavy atom. The molecule has 2 rings (SSSR count). The Morgan fingerprint density at radius 3 is 2.71 bits per heavy atom. The van der Waals surface area contributed by atoms with E-state index in [-0.39, 0.29) is 5.92 Å². The zero-order valence-electron chi connectivity index (χ0n) is 10.3. The van der Waals surface area contributed by atoms with Crippen LogP contribution in [0.3, 0.4) is 0 Å². The molecule has 17 heavy (non-hydrogen) atoms. The van der Waals surface area contributed by atoms with Gasteiger partial charge in [0.25, 0.3) is 0 Å². The molecule has 1 aromatic rings. The van der Waals surface area contributed by atoms with E-state index >= 15 is 0 Å². The molecule has 0 bridgehead atoms. The van der Waals surface area contributed by atoms with Crippen molar-refractivity contribution in [2.24, 2.45) is 5.92 Å². The number of hydrogen-bond donors (Lipinski definition) is 0. The first-order chi connectivity index (χ1) is 8.25. The average molecular weight is 226 g/mol. The molecule has 0 radical (unpaired) electrons. The van der Waals surface area contributed by atoms with Crippen LogP contribution in [0.15, 0.2) is 24.3 Å². The van der Waals surface area contributed by atoms with Crippen molar-refractivity contribution in [3.8, 4) is 11.8 Å². The van der Waals surface area contributed by atoms with Crippen LogP contribution in [0.5, 0.6) is 0 Å². The number of carbonyl (C=O) groups is 1. The Labute approximate surface area is 103 Å². The van der Waals surface area contributed by atoms with Gasteiger partial charge in [-0.05, 0) is 31.9 Å². The molecule has 0 amide bonds. The zero-order valence-corrected chi connectivity index (χ0v) is 10.3. The largest absolute Gasteiger partial charge is 0.299 e. The van der Waals surface area contributed by atoms with E-state index in [1.165, 1.54) is 12.0 Å². The van der Waals surface area contributed by atoms with E-state index < -0.39 is 0 Å². The Hall–Kier alpha value is -1.55. The number of rotatable bonds is 1. The number of hydrogen-bond acceptors (Lipinski definition) is 1. The Morgan fingerprint density at radius 2 is 2.00 bits per heavy atom. The lowest BCUT2D eigenvalue weighted by molar-refractivity contribution is -0.124. The van der Waals surface area contributed by atoms with Gasteiger partial charge >= 0.3 is 0 Å². The van der Waals surface area contributed by atoms with Gasteiger partial charge in [-0.25, -0.2) is 0 Å². The summed E-state index contributed by atoms with van der Waals surface area (Å²) in [6, 6.07) is 8.20. The third-order valence-corrected chi connectivity index (χ3v) is 3.31. The molecule has 1 nitrogen and oxygen atoms in total. The van der Waals surface area contributed by atoms with Crippen molar-refractivity contribution in [2.75, 3.05) is 0 Å². The maximum atomic E-state index is 11.6. The first-order valence-corrected chi connectivity index (χ1v) is 6.34. The summed E-state index contributed by atoms with van der Waals surface area (Å²) < 4.78 is 0. The summed E-state index contributed by atoms with van der Waals surface area (Å²) in [5, 5.41) is 0. The lowest BCUT2D eigenvalue weighted by Crippen LogP contribution is -2.18. The van der Waals surface area contributed by atoms with Crippen molar-refractivity contribution in [1.82, 2.24) is 0 Å². The van der Waals surface area contributed by atoms with Crippen LogP contribution < -0.4 is 0 Å². The van der Waals surface area contributed by atoms with Gasteiger partial charge in [-0.2, -0.15) is 0 Å². The molecule has 1 unspecified atom stereocenters. The molecule has 0 saturated heterocycles. The Balaban J connectivity index is 1.93. The van der Waals surface area contributed by atoms with Crippen LogP contribution in [0.1, 0.15) is 43.2 Å². The monoisotopic (exact) mass is 226 g/mol. The van der Waals surface area contributed by atoms with Crippen molar-refractivity contribution in [3.05, 3.63) is 35.4 Å². The maximum absolute atomic E-state index is 11.6. The molecule has 88 valence electrons. The molecule has 1 fully saturated rings. The highest BCUT2D eigenvalue weighted by atomic mass is 16.1. The van der Waals surface area contributed by atoms with E-state index in [0.29, 0.717) is 5.78 Å². The minimum atomic E-state index is 0.196. The molecule has 0 N–H and O–H groups in total. The van der Waals surface area contributed by atoms with Crippen LogP contribution in [0.2, 0.25) is 0 Å². The molecule has 0 heterocycles. The first kappa shape index (κ1) is 11.9. The summed E-state index contributed by atoms with van der Waals surface area (Å²) in [7, 11) is 0. The number of benzene rings is 1. The van der Waals surface area contributed by atoms with E-state index in [0.717, 1.165) is 31.2 Å². The van der Waals surface area contributed by atoms with E-state index in [1.54, 1.807) is 0 Å². The summed E-state index contributed by atoms with van der Waals surface area (Å²) in [5.41, 5.74) is 2.29. The van der Waals surface area contributed by atoms with Crippen LogP contribution in [0.25, 0.3) is 0 Å². The van der Waals surface area contributed by atoms with Crippen LogP contribution >= 0.6 is 0 Å². The molecule has 1 saturated carbocycles. The summed E-state index contributed by atoms with van der Waals surface area (Å²) in [6.07, 6.45) is 4.77. The maximum Gasteiger partial charge on any atom is 0.136 e. The molecule has 1 aliphatic rings. The molecule has 0 aliphatic heterocycles. The molecule has 0 aromatic heterocycles. The van der Waals surface area contributed by atoms with E-state index in [2.05, 4.69) is 30.9 Å². The van der Waals surface area contributed by atoms with Crippen molar-refractivity contribution in [2.45, 2.75) is 39.0 Å². The van der Waals surface area contributed by atoms with Crippen molar-refractivity contribution in [3.63, 3.8) is 0 Å². The lowest BCUT2D eigenvalue weighted by atomic mass is 9.86. The summed E-state index contributed by atoms with van der Waals surface area (Å²) in [5.74, 6) is 6.90. The Bertz CT molecular complexity index is 445. The molecule has 1 heteroatoms. The van der Waals surface area contributed by atoms with Gasteiger partial charge in [0, 0.05) is 24.3 Å². The van der Waals surface area contributed by atoms with Gasteiger partial charge in [-0.1, -0.05) is 36.0 Å². The number of ketones is 1. The molecular formula is C16H18O. The predicted molar refractivity (Wildman–Crippen MR) is 69.6 cm³/mol. The van der Waals surface area contributed by atoms with Crippen LogP contribution in [0.4, 0.5) is 0 Å². The predicted octanol–water partition coefficient (Wildman–Crippen LogP) is 3.50. The highest BCUT2D eigenvalue weighted by Crippen LogP contribution is 2.22. The number of aryl methyl sites for hydroxylation is 1. The molecule has 1 aromatic carbocycles. The highest BCUT2D eigenvalue weighted by molar-refractivity contribution is 5.81. The van der Waals surface area contributed by atoms with Gasteiger partial charge in [0.15, 0.2) is 0 Å². The lowest BCUT2D eigenvalue weighted by Gasteiger charge is -2.17. The third-order valence-electron chi connectivity index (χ3n) is 3.31. The second-order valence-electron chi connectivity index (χ2n) is 4.78. The van der Waals surface area contributed by atoms with Gasteiger partial charge in [0.05, 0.1) is 0 Å². The van der Waals surface area contributed by atoms with Gasteiger partial charge in [0.2, 0.25) is 0 Å². The summed E-state index contributed by atoms with van der Waals surface area (Å²) in [6.45, 7) is 2.07. The van der Waals surface area contributed by atoms with E-state index in [9.17, 15) is 4.79 Å². The zero-order chi connectivity index (χ0) is 12.1. The van der Waals surface area contributed by atoms with Gasteiger partial charge in [-0.3, -0.25) is 4.79 Å². The molecule has 1 atom stereocenters. The number of carbonyl (C=O) groups excluding carboxylic acids is 1. The highest BCUT2D eigenvalue weighted by Gasteiger charge is 2.20. The van der Waals surface area contributed by atoms with Crippen LogP contribution in [-0.2, 0) is 4.79 Å². The van der Waals surface area contributed by atoms with Crippen molar-refractivity contribution in [1.29, 1.82) is 0 Å². The van der Waals surface area contributed by atoms with Crippen LogP contribution in [0, 0.1) is 24.7 Å². The molecule has 0 spiro atoms. The van der Waals surface area contributed by atoms with Gasteiger partial charge in [-0.15, -0.1) is 0 Å². The fraction of sp³-hybridized carbons (Fsp3) is 0.438. The molecule has 1 aliphatic carbocycles. The topological polar surface area (TPSA) is 17.1 Å². The summed E-state index contributed by atoms with van der Waals surface area (Å²) in [4.78, 5) is 11.6. The van der Waals surface area contributed by atoms with E-state index in [4.69, 9.17) is 0 Å². The normalized spacial score (nSPS) is 19.6. The smallest absolute Gasteiger partial charge is 0.136 e. The molecular weight excluding hydrogens is 208 g/mol. The van der Waals surface area contributed by atoms with Crippen molar-refractivity contribution < 1.29 is 4.79 Å². The average Bonchev–Trinajstić information content (AvgIpc) is 2.34. The standard InChI is InChI=1S/C16H18O/c1-13-9-11-14(12-10-13)5-4-7-15-6-2-3-8-16(15)17/h9-12,15H,2-3,6-8H2,1H3. The minimum Gasteiger partial charge on any atom is -0.299 e. The SMILES string of the molecule is Cc1ccc(C#CCC2CCCCC2=O)cc1. The van der Waals surface area contributed by atoms with Gasteiger partial charge < -0.3 is 0 Å². The Kier molecular flexibility index (Phi) is 3.98. The third kappa shape index (κ3) is 3.46. The van der Waals surface area contributed by atoms with Crippen LogP contribution in [-0.4, -0.2) is 5.78 Å². The quantitative estimate of drug-likeness (QED) is 0.670. The fourth-order valence-corrected chi connectivity index (χ4v) is 2.18. The summed E-state index contributed by atoms with van der Waals surface area (Å²) >= 11 is 0. The van der Waals surface area contributed by atoms with Gasteiger partial charge in [0.1, 0.15) is 5.78 Å². The van der Waals surface area contributed by atoms with E-state index in [1.807, 2.05) is 12.1 Å². The second kappa shape index (κ2) is 5.68. The minimum absolute atomic E-state index is 0.196. The van der Waals surface area contributed by atoms with Crippen molar-refractivity contribution >= 4 is 5.78 Å². The number of Topliss-reactive ketones (excluding diaryl/α,β-unsaturated/α-hetero) is 1.